The molecule has 1 aromatic carbocycles. The molecule has 3 rings (SSSR count). The number of imidazole rings is 1. The molecule has 0 saturated carbocycles. The number of hydrogen-bond donors (Lipinski definition) is 0. The molecule has 3 aromatic rings. The minimum atomic E-state index is 0.312. The van der Waals surface area contributed by atoms with Crippen molar-refractivity contribution < 1.29 is 9.53 Å². The van der Waals surface area contributed by atoms with Crippen LogP contribution in [0.4, 0.5) is 0 Å². The van der Waals surface area contributed by atoms with Gasteiger partial charge >= 0.3 is 0 Å². The zero-order valence-electron chi connectivity index (χ0n) is 10.7. The standard InChI is InChI=1S/C15H11BrN2O2/c1-10-5-6-11(16)8-13(10)20-15-12(9-19)18-7-3-2-4-14(18)17-15/h2-9H,1H3. The fourth-order valence-electron chi connectivity index (χ4n) is 1.96. The van der Waals surface area contributed by atoms with Crippen LogP contribution in [-0.2, 0) is 0 Å². The van der Waals surface area contributed by atoms with Crippen LogP contribution in [0.15, 0.2) is 47.1 Å². The summed E-state index contributed by atoms with van der Waals surface area (Å²) in [5, 5.41) is 0. The molecule has 0 unspecified atom stereocenters. The summed E-state index contributed by atoms with van der Waals surface area (Å²) < 4.78 is 8.42. The molecule has 20 heavy (non-hydrogen) atoms. The predicted octanol–water partition coefficient (Wildman–Crippen LogP) is 4.01. The molecule has 0 bridgehead atoms. The molecule has 0 saturated heterocycles. The van der Waals surface area contributed by atoms with Gasteiger partial charge in [-0.3, -0.25) is 9.20 Å². The third kappa shape index (κ3) is 2.20. The summed E-state index contributed by atoms with van der Waals surface area (Å²) >= 11 is 3.40. The van der Waals surface area contributed by atoms with Crippen LogP contribution in [0.1, 0.15) is 16.1 Å². The van der Waals surface area contributed by atoms with Crippen LogP contribution in [0.5, 0.6) is 11.6 Å². The predicted molar refractivity (Wildman–Crippen MR) is 79.5 cm³/mol. The van der Waals surface area contributed by atoms with Crippen LogP contribution >= 0.6 is 15.9 Å². The molecular weight excluding hydrogens is 320 g/mol. The van der Waals surface area contributed by atoms with E-state index >= 15 is 0 Å². The highest BCUT2D eigenvalue weighted by molar-refractivity contribution is 9.10. The number of pyridine rings is 1. The van der Waals surface area contributed by atoms with Gasteiger partial charge in [-0.1, -0.05) is 28.1 Å². The van der Waals surface area contributed by atoms with E-state index in [1.807, 2.05) is 43.3 Å². The van der Waals surface area contributed by atoms with E-state index in [2.05, 4.69) is 20.9 Å². The lowest BCUT2D eigenvalue weighted by Crippen LogP contribution is -1.94. The molecule has 0 aliphatic heterocycles. The number of fused-ring (bicyclic) bond motifs is 1. The van der Waals surface area contributed by atoms with Crippen LogP contribution < -0.4 is 4.74 Å². The van der Waals surface area contributed by atoms with E-state index in [9.17, 15) is 4.79 Å². The quantitative estimate of drug-likeness (QED) is 0.681. The van der Waals surface area contributed by atoms with Crippen molar-refractivity contribution in [2.75, 3.05) is 0 Å². The van der Waals surface area contributed by atoms with E-state index < -0.39 is 0 Å². The lowest BCUT2D eigenvalue weighted by atomic mass is 10.2. The topological polar surface area (TPSA) is 43.6 Å². The van der Waals surface area contributed by atoms with E-state index in [-0.39, 0.29) is 0 Å². The van der Waals surface area contributed by atoms with E-state index in [4.69, 9.17) is 4.74 Å². The minimum absolute atomic E-state index is 0.312. The zero-order chi connectivity index (χ0) is 14.1. The smallest absolute Gasteiger partial charge is 0.249 e. The highest BCUT2D eigenvalue weighted by Crippen LogP contribution is 2.29. The maximum Gasteiger partial charge on any atom is 0.249 e. The normalized spacial score (nSPS) is 10.7. The SMILES string of the molecule is Cc1ccc(Br)cc1Oc1nc2ccccn2c1C=O. The van der Waals surface area contributed by atoms with Gasteiger partial charge in [0.1, 0.15) is 11.4 Å². The summed E-state index contributed by atoms with van der Waals surface area (Å²) in [6.07, 6.45) is 2.54. The highest BCUT2D eigenvalue weighted by Gasteiger charge is 2.14. The number of aryl methyl sites for hydroxylation is 1. The summed E-state index contributed by atoms with van der Waals surface area (Å²) in [6.45, 7) is 1.94. The molecule has 0 radical (unpaired) electrons. The Labute approximate surface area is 124 Å². The first-order valence-electron chi connectivity index (χ1n) is 6.05. The molecule has 4 nitrogen and oxygen atoms in total. The summed E-state index contributed by atoms with van der Waals surface area (Å²) in [6, 6.07) is 11.3. The first-order chi connectivity index (χ1) is 9.69. The first kappa shape index (κ1) is 12.9. The number of halogens is 1. The molecule has 0 fully saturated rings. The zero-order valence-corrected chi connectivity index (χ0v) is 12.3. The summed E-state index contributed by atoms with van der Waals surface area (Å²) in [4.78, 5) is 15.6. The molecule has 2 aromatic heterocycles. The Morgan fingerprint density at radius 3 is 2.95 bits per heavy atom. The molecule has 0 aliphatic rings. The Kier molecular flexibility index (Phi) is 3.28. The van der Waals surface area contributed by atoms with Crippen LogP contribution in [0.25, 0.3) is 5.65 Å². The van der Waals surface area contributed by atoms with Gasteiger partial charge in [-0.05, 0) is 36.8 Å². The average Bonchev–Trinajstić information content (AvgIpc) is 2.80. The van der Waals surface area contributed by atoms with Crippen LogP contribution in [0.3, 0.4) is 0 Å². The van der Waals surface area contributed by atoms with E-state index in [1.54, 1.807) is 10.6 Å². The molecule has 0 N–H and O–H groups in total. The van der Waals surface area contributed by atoms with Crippen molar-refractivity contribution in [2.45, 2.75) is 6.92 Å². The van der Waals surface area contributed by atoms with Gasteiger partial charge in [-0.15, -0.1) is 0 Å². The van der Waals surface area contributed by atoms with Crippen molar-refractivity contribution in [1.82, 2.24) is 9.38 Å². The fourth-order valence-corrected chi connectivity index (χ4v) is 2.30. The third-order valence-electron chi connectivity index (χ3n) is 3.00. The molecule has 5 heteroatoms. The number of aldehydes is 1. The lowest BCUT2D eigenvalue weighted by molar-refractivity contribution is 0.111. The van der Waals surface area contributed by atoms with E-state index in [1.165, 1.54) is 0 Å². The second kappa shape index (κ2) is 5.09. The number of carbonyl (C=O) groups is 1. The van der Waals surface area contributed by atoms with Crippen molar-refractivity contribution in [1.29, 1.82) is 0 Å². The van der Waals surface area contributed by atoms with E-state index in [0.717, 1.165) is 16.3 Å². The summed E-state index contributed by atoms with van der Waals surface area (Å²) in [7, 11) is 0. The van der Waals surface area contributed by atoms with Crippen molar-refractivity contribution in [3.05, 3.63) is 58.3 Å². The number of rotatable bonds is 3. The van der Waals surface area contributed by atoms with Gasteiger partial charge in [-0.25, -0.2) is 0 Å². The van der Waals surface area contributed by atoms with Gasteiger partial charge in [0.2, 0.25) is 5.88 Å². The lowest BCUT2D eigenvalue weighted by Gasteiger charge is -2.07. The molecule has 0 aliphatic carbocycles. The number of nitrogens with zero attached hydrogens (tertiary/aromatic N) is 2. The highest BCUT2D eigenvalue weighted by atomic mass is 79.9. The summed E-state index contributed by atoms with van der Waals surface area (Å²) in [5.41, 5.74) is 2.05. The molecule has 2 heterocycles. The number of benzene rings is 1. The average molecular weight is 331 g/mol. The largest absolute Gasteiger partial charge is 0.437 e. The molecular formula is C15H11BrN2O2. The van der Waals surface area contributed by atoms with Crippen LogP contribution in [0, 0.1) is 6.92 Å². The number of hydrogen-bond acceptors (Lipinski definition) is 3. The van der Waals surface area contributed by atoms with Gasteiger partial charge in [0.05, 0.1) is 0 Å². The maximum atomic E-state index is 11.3. The van der Waals surface area contributed by atoms with Gasteiger partial charge < -0.3 is 4.74 Å². The first-order valence-corrected chi connectivity index (χ1v) is 6.84. The van der Waals surface area contributed by atoms with Gasteiger partial charge in [0, 0.05) is 10.7 Å². The minimum Gasteiger partial charge on any atom is -0.437 e. The molecule has 100 valence electrons. The van der Waals surface area contributed by atoms with Crippen LogP contribution in [-0.4, -0.2) is 15.7 Å². The molecule has 0 amide bonds. The van der Waals surface area contributed by atoms with Crippen molar-refractivity contribution in [2.24, 2.45) is 0 Å². The van der Waals surface area contributed by atoms with Crippen molar-refractivity contribution in [3.63, 3.8) is 0 Å². The Balaban J connectivity index is 2.10. The fraction of sp³-hybridized carbons (Fsp3) is 0.0667. The molecule has 0 spiro atoms. The number of carbonyl (C=O) groups excluding carboxylic acids is 1. The Morgan fingerprint density at radius 1 is 1.30 bits per heavy atom. The van der Waals surface area contributed by atoms with Gasteiger partial charge in [0.15, 0.2) is 12.0 Å². The maximum absolute atomic E-state index is 11.3. The Bertz CT molecular complexity index is 796. The van der Waals surface area contributed by atoms with Gasteiger partial charge in [0.25, 0.3) is 0 Å². The van der Waals surface area contributed by atoms with Crippen molar-refractivity contribution in [3.8, 4) is 11.6 Å². The van der Waals surface area contributed by atoms with E-state index in [0.29, 0.717) is 23.0 Å². The Morgan fingerprint density at radius 2 is 2.15 bits per heavy atom. The summed E-state index contributed by atoms with van der Waals surface area (Å²) in [5.74, 6) is 0.985. The van der Waals surface area contributed by atoms with Crippen LogP contribution in [0.2, 0.25) is 0 Å². The number of aromatic nitrogens is 2. The number of ether oxygens (including phenoxy) is 1. The second-order valence-corrected chi connectivity index (χ2v) is 5.28. The molecule has 0 atom stereocenters. The Hall–Kier alpha value is -2.14. The van der Waals surface area contributed by atoms with Gasteiger partial charge in [-0.2, -0.15) is 4.98 Å². The van der Waals surface area contributed by atoms with Crippen molar-refractivity contribution >= 4 is 27.9 Å². The second-order valence-electron chi connectivity index (χ2n) is 4.36. The monoisotopic (exact) mass is 330 g/mol. The third-order valence-corrected chi connectivity index (χ3v) is 3.49.